The maximum absolute atomic E-state index is 5.85. The summed E-state index contributed by atoms with van der Waals surface area (Å²) >= 11 is 6.91. The molecule has 0 saturated carbocycles. The predicted octanol–water partition coefficient (Wildman–Crippen LogP) is 4.90. The highest BCUT2D eigenvalue weighted by molar-refractivity contribution is 9.11. The van der Waals surface area contributed by atoms with Crippen molar-refractivity contribution in [1.29, 1.82) is 0 Å². The summed E-state index contributed by atoms with van der Waals surface area (Å²) in [5, 5.41) is 3.36. The molecule has 5 heteroatoms. The van der Waals surface area contributed by atoms with Gasteiger partial charge in [-0.1, -0.05) is 29.8 Å². The van der Waals surface area contributed by atoms with Crippen LogP contribution in [0.4, 0.5) is 0 Å². The molecule has 1 N–H and O–H groups in total. The number of halogens is 2. The standard InChI is InChI=1S/C15H16Br2N2O/c1-10(2)19-8-11-5-13(9-18-7-11)20-15-4-3-12(16)6-14(15)17/h3-7,9-10,19H,8H2,1-2H3. The second-order valence-electron chi connectivity index (χ2n) is 4.74. The van der Waals surface area contributed by atoms with Gasteiger partial charge in [-0.15, -0.1) is 0 Å². The lowest BCUT2D eigenvalue weighted by molar-refractivity contribution is 0.475. The van der Waals surface area contributed by atoms with Crippen molar-refractivity contribution < 1.29 is 4.74 Å². The van der Waals surface area contributed by atoms with E-state index in [1.54, 1.807) is 6.20 Å². The Hall–Kier alpha value is -0.910. The van der Waals surface area contributed by atoms with E-state index in [4.69, 9.17) is 4.74 Å². The van der Waals surface area contributed by atoms with Crippen molar-refractivity contribution >= 4 is 31.9 Å². The first-order valence-corrected chi connectivity index (χ1v) is 7.93. The molecule has 1 aromatic carbocycles. The molecule has 0 aliphatic rings. The highest BCUT2D eigenvalue weighted by Gasteiger charge is 2.05. The molecule has 0 unspecified atom stereocenters. The van der Waals surface area contributed by atoms with E-state index in [1.807, 2.05) is 30.5 Å². The van der Waals surface area contributed by atoms with E-state index in [9.17, 15) is 0 Å². The average Bonchev–Trinajstić information content (AvgIpc) is 2.40. The first kappa shape index (κ1) is 15.5. The van der Waals surface area contributed by atoms with Crippen LogP contribution in [0.3, 0.4) is 0 Å². The molecule has 0 spiro atoms. The Bertz CT molecular complexity index is 588. The molecular formula is C15H16Br2N2O. The Morgan fingerprint density at radius 2 is 2.00 bits per heavy atom. The van der Waals surface area contributed by atoms with Crippen molar-refractivity contribution in [1.82, 2.24) is 10.3 Å². The Balaban J connectivity index is 2.11. The largest absolute Gasteiger partial charge is 0.455 e. The number of nitrogens with one attached hydrogen (secondary N) is 1. The van der Waals surface area contributed by atoms with Crippen molar-refractivity contribution in [2.24, 2.45) is 0 Å². The van der Waals surface area contributed by atoms with E-state index < -0.39 is 0 Å². The molecule has 0 radical (unpaired) electrons. The van der Waals surface area contributed by atoms with Crippen molar-refractivity contribution in [3.63, 3.8) is 0 Å². The summed E-state index contributed by atoms with van der Waals surface area (Å²) in [6.07, 6.45) is 3.56. The molecule has 0 aliphatic carbocycles. The number of rotatable bonds is 5. The Labute approximate surface area is 136 Å². The SMILES string of the molecule is CC(C)NCc1cncc(Oc2ccc(Br)cc2Br)c1. The third-order valence-corrected chi connectivity index (χ3v) is 3.72. The Kier molecular flexibility index (Phi) is 5.57. The minimum Gasteiger partial charge on any atom is -0.455 e. The van der Waals surface area contributed by atoms with Crippen LogP contribution < -0.4 is 10.1 Å². The zero-order valence-electron chi connectivity index (χ0n) is 11.4. The third kappa shape index (κ3) is 4.58. The maximum Gasteiger partial charge on any atom is 0.146 e. The summed E-state index contributed by atoms with van der Waals surface area (Å²) in [7, 11) is 0. The second kappa shape index (κ2) is 7.20. The summed E-state index contributed by atoms with van der Waals surface area (Å²) in [4.78, 5) is 4.22. The fourth-order valence-electron chi connectivity index (χ4n) is 1.62. The van der Waals surface area contributed by atoms with Crippen molar-refractivity contribution in [3.05, 3.63) is 51.2 Å². The molecule has 0 fully saturated rings. The Morgan fingerprint density at radius 3 is 2.70 bits per heavy atom. The van der Waals surface area contributed by atoms with Gasteiger partial charge < -0.3 is 10.1 Å². The molecule has 2 aromatic rings. The molecule has 0 aliphatic heterocycles. The lowest BCUT2D eigenvalue weighted by Gasteiger charge is -2.11. The molecule has 1 aromatic heterocycles. The smallest absolute Gasteiger partial charge is 0.146 e. The molecule has 106 valence electrons. The topological polar surface area (TPSA) is 34.2 Å². The molecular weight excluding hydrogens is 384 g/mol. The Morgan fingerprint density at radius 1 is 1.20 bits per heavy atom. The minimum atomic E-state index is 0.445. The summed E-state index contributed by atoms with van der Waals surface area (Å²) in [5.41, 5.74) is 1.10. The van der Waals surface area contributed by atoms with Gasteiger partial charge in [-0.3, -0.25) is 4.98 Å². The predicted molar refractivity (Wildman–Crippen MR) is 88.1 cm³/mol. The van der Waals surface area contributed by atoms with E-state index in [2.05, 4.69) is 56.0 Å². The highest BCUT2D eigenvalue weighted by atomic mass is 79.9. The fourth-order valence-corrected chi connectivity index (χ4v) is 2.75. The highest BCUT2D eigenvalue weighted by Crippen LogP contribution is 2.31. The van der Waals surface area contributed by atoms with E-state index in [0.717, 1.165) is 32.6 Å². The molecule has 0 atom stereocenters. The van der Waals surface area contributed by atoms with E-state index in [0.29, 0.717) is 6.04 Å². The normalized spacial score (nSPS) is 10.8. The summed E-state index contributed by atoms with van der Waals surface area (Å²) < 4.78 is 7.76. The number of pyridine rings is 1. The van der Waals surface area contributed by atoms with Gasteiger partial charge in [0.05, 0.1) is 10.7 Å². The zero-order valence-corrected chi connectivity index (χ0v) is 14.5. The minimum absolute atomic E-state index is 0.445. The maximum atomic E-state index is 5.85. The first-order chi connectivity index (χ1) is 9.54. The van der Waals surface area contributed by atoms with E-state index in [-0.39, 0.29) is 0 Å². The van der Waals surface area contributed by atoms with Crippen LogP contribution in [0.25, 0.3) is 0 Å². The number of nitrogens with zero attached hydrogens (tertiary/aromatic N) is 1. The molecule has 2 rings (SSSR count). The van der Waals surface area contributed by atoms with Crippen LogP contribution in [0.15, 0.2) is 45.6 Å². The van der Waals surface area contributed by atoms with E-state index in [1.165, 1.54) is 0 Å². The van der Waals surface area contributed by atoms with Gasteiger partial charge >= 0.3 is 0 Å². The van der Waals surface area contributed by atoms with Gasteiger partial charge in [-0.25, -0.2) is 0 Å². The molecule has 1 heterocycles. The summed E-state index contributed by atoms with van der Waals surface area (Å²) in [6, 6.07) is 8.24. The van der Waals surface area contributed by atoms with Gasteiger partial charge in [0.25, 0.3) is 0 Å². The molecule has 0 amide bonds. The third-order valence-electron chi connectivity index (χ3n) is 2.61. The number of hydrogen-bond donors (Lipinski definition) is 1. The van der Waals surface area contributed by atoms with Gasteiger partial charge in [-0.05, 0) is 45.8 Å². The van der Waals surface area contributed by atoms with Gasteiger partial charge in [0.2, 0.25) is 0 Å². The van der Waals surface area contributed by atoms with Crippen molar-refractivity contribution in [2.75, 3.05) is 0 Å². The van der Waals surface area contributed by atoms with Crippen LogP contribution in [-0.2, 0) is 6.54 Å². The van der Waals surface area contributed by atoms with Gasteiger partial charge in [-0.2, -0.15) is 0 Å². The number of hydrogen-bond acceptors (Lipinski definition) is 3. The number of aromatic nitrogens is 1. The van der Waals surface area contributed by atoms with Crippen molar-refractivity contribution in [3.8, 4) is 11.5 Å². The second-order valence-corrected chi connectivity index (χ2v) is 6.51. The van der Waals surface area contributed by atoms with E-state index >= 15 is 0 Å². The van der Waals surface area contributed by atoms with Crippen LogP contribution in [0, 0.1) is 0 Å². The average molecular weight is 400 g/mol. The van der Waals surface area contributed by atoms with Gasteiger partial charge in [0.1, 0.15) is 11.5 Å². The van der Waals surface area contributed by atoms with Crippen LogP contribution in [-0.4, -0.2) is 11.0 Å². The lowest BCUT2D eigenvalue weighted by Crippen LogP contribution is -2.21. The van der Waals surface area contributed by atoms with Crippen LogP contribution in [0.5, 0.6) is 11.5 Å². The van der Waals surface area contributed by atoms with Crippen LogP contribution in [0.1, 0.15) is 19.4 Å². The van der Waals surface area contributed by atoms with Crippen molar-refractivity contribution in [2.45, 2.75) is 26.4 Å². The molecule has 0 bridgehead atoms. The lowest BCUT2D eigenvalue weighted by atomic mass is 10.2. The quantitative estimate of drug-likeness (QED) is 0.776. The summed E-state index contributed by atoms with van der Waals surface area (Å²) in [6.45, 7) is 5.02. The monoisotopic (exact) mass is 398 g/mol. The molecule has 3 nitrogen and oxygen atoms in total. The first-order valence-electron chi connectivity index (χ1n) is 6.35. The van der Waals surface area contributed by atoms with Gasteiger partial charge in [0, 0.05) is 23.3 Å². The fraction of sp³-hybridized carbons (Fsp3) is 0.267. The zero-order chi connectivity index (χ0) is 14.5. The summed E-state index contributed by atoms with van der Waals surface area (Å²) in [5.74, 6) is 1.50. The van der Waals surface area contributed by atoms with Crippen LogP contribution >= 0.6 is 31.9 Å². The number of benzene rings is 1. The van der Waals surface area contributed by atoms with Crippen LogP contribution in [0.2, 0.25) is 0 Å². The molecule has 20 heavy (non-hydrogen) atoms. The van der Waals surface area contributed by atoms with Gasteiger partial charge in [0.15, 0.2) is 0 Å². The molecule has 0 saturated heterocycles. The number of ether oxygens (including phenoxy) is 1.